The Hall–Kier alpha value is -3.27. The van der Waals surface area contributed by atoms with E-state index < -0.39 is 4.92 Å². The van der Waals surface area contributed by atoms with Crippen molar-refractivity contribution in [2.24, 2.45) is 0 Å². The summed E-state index contributed by atoms with van der Waals surface area (Å²) in [5.74, 6) is 0.935. The zero-order valence-electron chi connectivity index (χ0n) is 13.3. The first kappa shape index (κ1) is 16.6. The molecule has 3 rings (SSSR count). The van der Waals surface area contributed by atoms with Gasteiger partial charge in [-0.1, -0.05) is 12.1 Å². The molecule has 25 heavy (non-hydrogen) atoms. The Bertz CT molecular complexity index is 888. The van der Waals surface area contributed by atoms with Crippen LogP contribution in [0.4, 0.5) is 5.82 Å². The van der Waals surface area contributed by atoms with E-state index in [1.807, 2.05) is 0 Å². The molecule has 0 saturated carbocycles. The molecule has 10 heteroatoms. The first-order chi connectivity index (χ1) is 12.1. The second kappa shape index (κ2) is 7.09. The third kappa shape index (κ3) is 3.63. The summed E-state index contributed by atoms with van der Waals surface area (Å²) in [4.78, 5) is 14.3. The monoisotopic (exact) mass is 345 g/mol. The number of para-hydroxylation sites is 1. The van der Waals surface area contributed by atoms with Gasteiger partial charge in [-0.15, -0.1) is 10.2 Å². The molecule has 1 aromatic carbocycles. The maximum atomic E-state index is 10.9. The lowest BCUT2D eigenvalue weighted by Crippen LogP contribution is -2.10. The number of aryl methyl sites for hydroxylation is 1. The number of rotatable bonds is 7. The summed E-state index contributed by atoms with van der Waals surface area (Å²) in [5.41, 5.74) is 0.436. The van der Waals surface area contributed by atoms with E-state index in [0.717, 1.165) is 0 Å². The lowest BCUT2D eigenvalue weighted by atomic mass is 10.2. The minimum absolute atomic E-state index is 0.0431. The Morgan fingerprint density at radius 2 is 2.16 bits per heavy atom. The van der Waals surface area contributed by atoms with Gasteiger partial charge in [0.15, 0.2) is 5.82 Å². The average molecular weight is 345 g/mol. The van der Waals surface area contributed by atoms with Crippen molar-refractivity contribution in [1.29, 1.82) is 0 Å². The SMILES string of the molecule is Cc1ncc([N+](=O)[O-])n1CCOCc1nnc(-c2ccccc2O)o1. The predicted octanol–water partition coefficient (Wildman–Crippen LogP) is 2.07. The molecule has 0 amide bonds. The molecule has 10 nitrogen and oxygen atoms in total. The number of benzene rings is 1. The van der Waals surface area contributed by atoms with Gasteiger partial charge in [0, 0.05) is 6.92 Å². The molecule has 0 unspecified atom stereocenters. The first-order valence-corrected chi connectivity index (χ1v) is 7.41. The quantitative estimate of drug-likeness (QED) is 0.391. The molecular formula is C15H15N5O5. The average Bonchev–Trinajstić information content (AvgIpc) is 3.19. The van der Waals surface area contributed by atoms with Crippen molar-refractivity contribution >= 4 is 5.82 Å². The maximum Gasteiger partial charge on any atom is 0.342 e. The van der Waals surface area contributed by atoms with Crippen molar-refractivity contribution in [1.82, 2.24) is 19.7 Å². The molecule has 3 aromatic rings. The van der Waals surface area contributed by atoms with Crippen molar-refractivity contribution < 1.29 is 19.2 Å². The van der Waals surface area contributed by atoms with Crippen molar-refractivity contribution in [3.8, 4) is 17.2 Å². The first-order valence-electron chi connectivity index (χ1n) is 7.41. The Kier molecular flexibility index (Phi) is 4.70. The van der Waals surface area contributed by atoms with Crippen molar-refractivity contribution in [2.45, 2.75) is 20.1 Å². The molecule has 0 spiro atoms. The van der Waals surface area contributed by atoms with Crippen LogP contribution in [0.15, 0.2) is 34.9 Å². The van der Waals surface area contributed by atoms with E-state index in [2.05, 4.69) is 15.2 Å². The minimum atomic E-state index is -0.489. The highest BCUT2D eigenvalue weighted by molar-refractivity contribution is 5.61. The van der Waals surface area contributed by atoms with Gasteiger partial charge in [0.05, 0.1) is 12.2 Å². The molecule has 0 fully saturated rings. The van der Waals surface area contributed by atoms with Gasteiger partial charge in [0.1, 0.15) is 25.1 Å². The Labute approximate surface area is 141 Å². The normalized spacial score (nSPS) is 10.9. The van der Waals surface area contributed by atoms with Crippen LogP contribution >= 0.6 is 0 Å². The molecule has 0 saturated heterocycles. The number of imidazole rings is 1. The number of hydrogen-bond donors (Lipinski definition) is 1. The van der Waals surface area contributed by atoms with E-state index in [0.29, 0.717) is 11.4 Å². The van der Waals surface area contributed by atoms with Crippen molar-refractivity contribution in [3.63, 3.8) is 0 Å². The second-order valence-electron chi connectivity index (χ2n) is 5.14. The summed E-state index contributed by atoms with van der Waals surface area (Å²) in [6, 6.07) is 6.62. The highest BCUT2D eigenvalue weighted by Crippen LogP contribution is 2.27. The van der Waals surface area contributed by atoms with E-state index in [-0.39, 0.29) is 43.1 Å². The van der Waals surface area contributed by atoms with Crippen LogP contribution in [0.3, 0.4) is 0 Å². The van der Waals surface area contributed by atoms with Gasteiger partial charge in [-0.2, -0.15) is 0 Å². The summed E-state index contributed by atoms with van der Waals surface area (Å²) < 4.78 is 12.3. The second-order valence-corrected chi connectivity index (χ2v) is 5.14. The van der Waals surface area contributed by atoms with Crippen LogP contribution in [-0.4, -0.2) is 36.4 Å². The van der Waals surface area contributed by atoms with Gasteiger partial charge in [0.25, 0.3) is 5.89 Å². The molecule has 0 radical (unpaired) electrons. The lowest BCUT2D eigenvalue weighted by molar-refractivity contribution is -0.392. The molecular weight excluding hydrogens is 330 g/mol. The van der Waals surface area contributed by atoms with Gasteiger partial charge in [-0.05, 0) is 17.1 Å². The Morgan fingerprint density at radius 1 is 1.36 bits per heavy atom. The zero-order valence-corrected chi connectivity index (χ0v) is 13.3. The Balaban J connectivity index is 1.56. The smallest absolute Gasteiger partial charge is 0.342 e. The van der Waals surface area contributed by atoms with E-state index in [4.69, 9.17) is 9.15 Å². The van der Waals surface area contributed by atoms with E-state index in [9.17, 15) is 15.2 Å². The van der Waals surface area contributed by atoms with Crippen LogP contribution in [0.1, 0.15) is 11.7 Å². The number of aromatic nitrogens is 4. The molecule has 0 aliphatic heterocycles. The van der Waals surface area contributed by atoms with Crippen LogP contribution in [-0.2, 0) is 17.9 Å². The third-order valence-electron chi connectivity index (χ3n) is 3.51. The summed E-state index contributed by atoms with van der Waals surface area (Å²) in [6.45, 7) is 2.24. The van der Waals surface area contributed by atoms with Crippen LogP contribution in [0.25, 0.3) is 11.5 Å². The lowest BCUT2D eigenvalue weighted by Gasteiger charge is -2.03. The third-order valence-corrected chi connectivity index (χ3v) is 3.51. The van der Waals surface area contributed by atoms with E-state index >= 15 is 0 Å². The van der Waals surface area contributed by atoms with Crippen LogP contribution < -0.4 is 0 Å². The highest BCUT2D eigenvalue weighted by Gasteiger charge is 2.17. The van der Waals surface area contributed by atoms with Crippen molar-refractivity contribution in [2.75, 3.05) is 6.61 Å². The fourth-order valence-electron chi connectivity index (χ4n) is 2.27. The Morgan fingerprint density at radius 3 is 2.92 bits per heavy atom. The standard InChI is InChI=1S/C15H15N5O5/c1-10-16-8-14(20(22)23)19(10)6-7-24-9-13-17-18-15(25-13)11-4-2-3-5-12(11)21/h2-5,8,21H,6-7,9H2,1H3. The van der Waals surface area contributed by atoms with Gasteiger partial charge in [-0.3, -0.25) is 0 Å². The van der Waals surface area contributed by atoms with E-state index in [1.54, 1.807) is 25.1 Å². The topological polar surface area (TPSA) is 129 Å². The molecule has 2 aromatic heterocycles. The summed E-state index contributed by atoms with van der Waals surface area (Å²) >= 11 is 0. The van der Waals surface area contributed by atoms with Crippen molar-refractivity contribution in [3.05, 3.63) is 52.3 Å². The number of nitrogens with zero attached hydrogens (tertiary/aromatic N) is 5. The van der Waals surface area contributed by atoms with Gasteiger partial charge in [-0.25, -0.2) is 9.55 Å². The summed E-state index contributed by atoms with van der Waals surface area (Å²) in [5, 5.41) is 28.4. The molecule has 130 valence electrons. The maximum absolute atomic E-state index is 10.9. The summed E-state index contributed by atoms with van der Waals surface area (Å²) in [7, 11) is 0. The number of hydrogen-bond acceptors (Lipinski definition) is 8. The zero-order chi connectivity index (χ0) is 17.8. The van der Waals surface area contributed by atoms with E-state index in [1.165, 1.54) is 16.8 Å². The molecule has 0 bridgehead atoms. The number of aromatic hydroxyl groups is 1. The molecule has 2 heterocycles. The fourth-order valence-corrected chi connectivity index (χ4v) is 2.27. The number of phenolic OH excluding ortho intramolecular Hbond substituents is 1. The number of ether oxygens (including phenoxy) is 1. The number of nitro groups is 1. The largest absolute Gasteiger partial charge is 0.507 e. The minimum Gasteiger partial charge on any atom is -0.507 e. The van der Waals surface area contributed by atoms with Gasteiger partial charge >= 0.3 is 5.82 Å². The molecule has 0 aliphatic rings. The van der Waals surface area contributed by atoms with Gasteiger partial charge in [0.2, 0.25) is 5.89 Å². The van der Waals surface area contributed by atoms with Gasteiger partial charge < -0.3 is 24.4 Å². The van der Waals surface area contributed by atoms with Crippen LogP contribution in [0.2, 0.25) is 0 Å². The predicted molar refractivity (Wildman–Crippen MR) is 84.7 cm³/mol. The van der Waals surface area contributed by atoms with Crippen LogP contribution in [0.5, 0.6) is 5.75 Å². The highest BCUT2D eigenvalue weighted by atomic mass is 16.6. The molecule has 0 aliphatic carbocycles. The summed E-state index contributed by atoms with van der Waals surface area (Å²) in [6.07, 6.45) is 1.21. The molecule has 0 atom stereocenters. The van der Waals surface area contributed by atoms with Crippen LogP contribution in [0, 0.1) is 17.0 Å². The fraction of sp³-hybridized carbons (Fsp3) is 0.267. The number of phenols is 1. The molecule has 1 N–H and O–H groups in total.